The Morgan fingerprint density at radius 1 is 1.33 bits per heavy atom. The number of carboxylic acids is 2. The number of halogens is 1. The molecule has 0 saturated heterocycles. The van der Waals surface area contributed by atoms with Crippen LogP contribution in [0.1, 0.15) is 23.2 Å². The second kappa shape index (κ2) is 7.49. The van der Waals surface area contributed by atoms with Gasteiger partial charge in [-0.15, -0.1) is 0 Å². The molecule has 0 fully saturated rings. The van der Waals surface area contributed by atoms with Crippen molar-refractivity contribution in [2.45, 2.75) is 18.9 Å². The van der Waals surface area contributed by atoms with Gasteiger partial charge in [-0.3, -0.25) is 9.59 Å². The first-order valence-electron chi connectivity index (χ1n) is 5.94. The van der Waals surface area contributed by atoms with Gasteiger partial charge in [-0.1, -0.05) is 11.6 Å². The molecule has 0 aliphatic heterocycles. The Hall–Kier alpha value is -2.28. The first kappa shape index (κ1) is 16.8. The number of carbonyl (C=O) groups excluding carboxylic acids is 1. The summed E-state index contributed by atoms with van der Waals surface area (Å²) < 4.78 is 5.00. The summed E-state index contributed by atoms with van der Waals surface area (Å²) in [6, 6.07) is 3.03. The molecular weight excluding hydrogens is 302 g/mol. The van der Waals surface area contributed by atoms with Gasteiger partial charge in [0.1, 0.15) is 11.8 Å². The zero-order valence-electron chi connectivity index (χ0n) is 11.1. The molecule has 0 radical (unpaired) electrons. The number of ether oxygens (including phenoxy) is 1. The molecule has 1 unspecified atom stereocenters. The number of nitrogens with one attached hydrogen (secondary N) is 1. The van der Waals surface area contributed by atoms with E-state index in [4.69, 9.17) is 26.6 Å². The summed E-state index contributed by atoms with van der Waals surface area (Å²) in [5.74, 6) is -2.92. The van der Waals surface area contributed by atoms with E-state index in [0.717, 1.165) is 0 Å². The molecule has 0 saturated carbocycles. The molecule has 0 aromatic heterocycles. The third-order valence-electron chi connectivity index (χ3n) is 2.66. The lowest BCUT2D eigenvalue weighted by molar-refractivity contribution is -0.140. The molecule has 21 heavy (non-hydrogen) atoms. The van der Waals surface area contributed by atoms with Crippen LogP contribution in [0.2, 0.25) is 5.02 Å². The van der Waals surface area contributed by atoms with E-state index < -0.39 is 23.9 Å². The Labute approximate surface area is 125 Å². The molecule has 8 heteroatoms. The number of carboxylic acid groups (broad SMARTS) is 2. The average molecular weight is 316 g/mol. The van der Waals surface area contributed by atoms with Gasteiger partial charge in [-0.05, 0) is 24.6 Å². The maximum Gasteiger partial charge on any atom is 0.326 e. The molecule has 0 heterocycles. The Morgan fingerprint density at radius 2 is 2.00 bits per heavy atom. The van der Waals surface area contributed by atoms with Gasteiger partial charge in [0.2, 0.25) is 0 Å². The van der Waals surface area contributed by atoms with Crippen molar-refractivity contribution in [1.29, 1.82) is 0 Å². The van der Waals surface area contributed by atoms with Crippen molar-refractivity contribution in [3.05, 3.63) is 28.8 Å². The molecule has 1 aromatic carbocycles. The quantitative estimate of drug-likeness (QED) is 0.701. The average Bonchev–Trinajstić information content (AvgIpc) is 2.42. The van der Waals surface area contributed by atoms with Gasteiger partial charge in [0.15, 0.2) is 0 Å². The van der Waals surface area contributed by atoms with E-state index >= 15 is 0 Å². The highest BCUT2D eigenvalue weighted by Gasteiger charge is 2.23. The van der Waals surface area contributed by atoms with Crippen LogP contribution >= 0.6 is 11.6 Å². The summed E-state index contributed by atoms with van der Waals surface area (Å²) in [6.45, 7) is 0. The number of methoxy groups -OCH3 is 1. The Bertz CT molecular complexity index is 560. The van der Waals surface area contributed by atoms with Crippen molar-refractivity contribution in [3.8, 4) is 5.75 Å². The molecule has 1 rings (SSSR count). The molecule has 3 N–H and O–H groups in total. The molecular formula is C13H14ClNO6. The minimum absolute atomic E-state index is 0.0755. The number of rotatable bonds is 7. The zero-order valence-corrected chi connectivity index (χ0v) is 11.9. The van der Waals surface area contributed by atoms with E-state index in [1.165, 1.54) is 25.3 Å². The van der Waals surface area contributed by atoms with Crippen LogP contribution in [0.25, 0.3) is 0 Å². The largest absolute Gasteiger partial charge is 0.496 e. The molecule has 0 aliphatic carbocycles. The van der Waals surface area contributed by atoms with E-state index in [1.807, 2.05) is 0 Å². The molecule has 1 atom stereocenters. The van der Waals surface area contributed by atoms with E-state index in [0.29, 0.717) is 5.02 Å². The normalized spacial score (nSPS) is 11.5. The fourth-order valence-electron chi connectivity index (χ4n) is 1.62. The van der Waals surface area contributed by atoms with Crippen LogP contribution in [0.3, 0.4) is 0 Å². The van der Waals surface area contributed by atoms with Crippen molar-refractivity contribution in [2.24, 2.45) is 0 Å². The molecule has 1 amide bonds. The third kappa shape index (κ3) is 4.96. The van der Waals surface area contributed by atoms with Crippen LogP contribution in [0, 0.1) is 0 Å². The molecule has 7 nitrogen and oxygen atoms in total. The molecule has 0 bridgehead atoms. The summed E-state index contributed by atoms with van der Waals surface area (Å²) in [5.41, 5.74) is 0.0755. The maximum atomic E-state index is 12.1. The SMILES string of the molecule is COc1ccc(Cl)cc1C(=O)NC(CCC(=O)O)C(=O)O. The highest BCUT2D eigenvalue weighted by molar-refractivity contribution is 6.31. The van der Waals surface area contributed by atoms with Crippen LogP contribution < -0.4 is 10.1 Å². The monoisotopic (exact) mass is 315 g/mol. The Morgan fingerprint density at radius 3 is 2.52 bits per heavy atom. The minimum Gasteiger partial charge on any atom is -0.496 e. The molecule has 1 aromatic rings. The summed E-state index contributed by atoms with van der Waals surface area (Å²) >= 11 is 5.79. The standard InChI is InChI=1S/C13H14ClNO6/c1-21-10-4-2-7(14)6-8(10)12(18)15-9(13(19)20)3-5-11(16)17/h2,4,6,9H,3,5H2,1H3,(H,15,18)(H,16,17)(H,19,20). The van der Waals surface area contributed by atoms with Gasteiger partial charge in [-0.2, -0.15) is 0 Å². The lowest BCUT2D eigenvalue weighted by atomic mass is 10.1. The molecule has 114 valence electrons. The Balaban J connectivity index is 2.89. The second-order valence-corrected chi connectivity index (χ2v) is 4.58. The summed E-state index contributed by atoms with van der Waals surface area (Å²) in [4.78, 5) is 33.6. The van der Waals surface area contributed by atoms with Crippen molar-refractivity contribution in [1.82, 2.24) is 5.32 Å². The molecule has 0 aliphatic rings. The number of aliphatic carboxylic acids is 2. The van der Waals surface area contributed by atoms with Crippen LogP contribution in [0.5, 0.6) is 5.75 Å². The summed E-state index contributed by atoms with van der Waals surface area (Å²) in [7, 11) is 1.36. The number of amides is 1. The predicted octanol–water partition coefficient (Wildman–Crippen LogP) is 1.40. The van der Waals surface area contributed by atoms with Crippen LogP contribution in [0.4, 0.5) is 0 Å². The molecule has 0 spiro atoms. The lowest BCUT2D eigenvalue weighted by Gasteiger charge is -2.15. The van der Waals surface area contributed by atoms with Gasteiger partial charge in [0.25, 0.3) is 5.91 Å². The first-order chi connectivity index (χ1) is 9.85. The van der Waals surface area contributed by atoms with Crippen LogP contribution in [-0.4, -0.2) is 41.2 Å². The fraction of sp³-hybridized carbons (Fsp3) is 0.308. The zero-order chi connectivity index (χ0) is 16.0. The van der Waals surface area contributed by atoms with Gasteiger partial charge >= 0.3 is 11.9 Å². The maximum absolute atomic E-state index is 12.1. The van der Waals surface area contributed by atoms with Gasteiger partial charge in [0, 0.05) is 11.4 Å². The number of carbonyl (C=O) groups is 3. The lowest BCUT2D eigenvalue weighted by Crippen LogP contribution is -2.41. The third-order valence-corrected chi connectivity index (χ3v) is 2.89. The highest BCUT2D eigenvalue weighted by Crippen LogP contribution is 2.22. The predicted molar refractivity (Wildman–Crippen MR) is 73.8 cm³/mol. The van der Waals surface area contributed by atoms with E-state index in [1.54, 1.807) is 0 Å². The van der Waals surface area contributed by atoms with E-state index in [2.05, 4.69) is 5.32 Å². The fourth-order valence-corrected chi connectivity index (χ4v) is 1.79. The van der Waals surface area contributed by atoms with Gasteiger partial charge in [-0.25, -0.2) is 4.79 Å². The van der Waals surface area contributed by atoms with Crippen LogP contribution in [-0.2, 0) is 9.59 Å². The number of hydrogen-bond acceptors (Lipinski definition) is 4. The van der Waals surface area contributed by atoms with E-state index in [-0.39, 0.29) is 24.2 Å². The van der Waals surface area contributed by atoms with Crippen molar-refractivity contribution in [3.63, 3.8) is 0 Å². The van der Waals surface area contributed by atoms with Crippen LogP contribution in [0.15, 0.2) is 18.2 Å². The summed E-state index contributed by atoms with van der Waals surface area (Å²) in [6.07, 6.45) is -0.594. The van der Waals surface area contributed by atoms with Gasteiger partial charge < -0.3 is 20.3 Å². The highest BCUT2D eigenvalue weighted by atomic mass is 35.5. The van der Waals surface area contributed by atoms with Crippen molar-refractivity contribution >= 4 is 29.4 Å². The van der Waals surface area contributed by atoms with Gasteiger partial charge in [0.05, 0.1) is 12.7 Å². The minimum atomic E-state index is -1.31. The van der Waals surface area contributed by atoms with Crippen molar-refractivity contribution in [2.75, 3.05) is 7.11 Å². The first-order valence-corrected chi connectivity index (χ1v) is 6.32. The summed E-state index contributed by atoms with van der Waals surface area (Å²) in [5, 5.41) is 20.1. The van der Waals surface area contributed by atoms with E-state index in [9.17, 15) is 14.4 Å². The number of hydrogen-bond donors (Lipinski definition) is 3. The Kier molecular flexibility index (Phi) is 5.98. The topological polar surface area (TPSA) is 113 Å². The second-order valence-electron chi connectivity index (χ2n) is 4.14. The van der Waals surface area contributed by atoms with Crippen molar-refractivity contribution < 1.29 is 29.3 Å². The number of benzene rings is 1. The smallest absolute Gasteiger partial charge is 0.326 e.